The van der Waals surface area contributed by atoms with E-state index in [1.165, 1.54) is 6.08 Å². The van der Waals surface area contributed by atoms with Gasteiger partial charge in [0.2, 0.25) is 0 Å². The van der Waals surface area contributed by atoms with E-state index >= 15 is 0 Å². The topological polar surface area (TPSA) is 40.5 Å². The van der Waals surface area contributed by atoms with Crippen LogP contribution in [0.2, 0.25) is 0 Å². The van der Waals surface area contributed by atoms with Crippen molar-refractivity contribution in [1.29, 1.82) is 0 Å². The standard InChI is InChI=1S/C18H27F3O2/c1-12(6-4-11-17(3,23)18(19,20)21)13-8-9-14-15(22)7-5-10-16(13,14)2/h4,11,13-15,22-23H,1,5-10H2,2-3H3/b11-4-/t13-,14+,15+,16-,17?/m1/s1. The Balaban J connectivity index is 2.02. The molecule has 0 saturated heterocycles. The van der Waals surface area contributed by atoms with Gasteiger partial charge in [-0.05, 0) is 62.4 Å². The first-order valence-corrected chi connectivity index (χ1v) is 8.31. The zero-order chi connectivity index (χ0) is 17.5. The largest absolute Gasteiger partial charge is 0.420 e. The molecule has 0 amide bonds. The summed E-state index contributed by atoms with van der Waals surface area (Å²) in [5.41, 5.74) is -1.91. The van der Waals surface area contributed by atoms with Crippen LogP contribution >= 0.6 is 0 Å². The van der Waals surface area contributed by atoms with E-state index in [0.717, 1.165) is 50.7 Å². The lowest BCUT2D eigenvalue weighted by Gasteiger charge is -2.44. The molecule has 0 radical (unpaired) electrons. The Labute approximate surface area is 136 Å². The third kappa shape index (κ3) is 3.50. The quantitative estimate of drug-likeness (QED) is 0.750. The number of halogens is 3. The lowest BCUT2D eigenvalue weighted by molar-refractivity contribution is -0.232. The number of allylic oxidation sites excluding steroid dienone is 2. The van der Waals surface area contributed by atoms with Crippen LogP contribution in [0.3, 0.4) is 0 Å². The van der Waals surface area contributed by atoms with Crippen molar-refractivity contribution in [3.63, 3.8) is 0 Å². The minimum absolute atomic E-state index is 0.00483. The van der Waals surface area contributed by atoms with Gasteiger partial charge in [0.05, 0.1) is 6.10 Å². The molecule has 2 saturated carbocycles. The third-order valence-electron chi connectivity index (χ3n) is 5.98. The number of aliphatic hydroxyl groups excluding tert-OH is 1. The Morgan fingerprint density at radius 2 is 1.96 bits per heavy atom. The fourth-order valence-electron chi connectivity index (χ4n) is 4.50. The maximum atomic E-state index is 12.6. The van der Waals surface area contributed by atoms with E-state index in [2.05, 4.69) is 13.5 Å². The molecule has 1 unspecified atom stereocenters. The van der Waals surface area contributed by atoms with Gasteiger partial charge < -0.3 is 10.2 Å². The molecule has 5 heteroatoms. The van der Waals surface area contributed by atoms with Crippen LogP contribution in [-0.4, -0.2) is 28.1 Å². The molecule has 2 fully saturated rings. The molecule has 132 valence electrons. The van der Waals surface area contributed by atoms with Crippen molar-refractivity contribution in [1.82, 2.24) is 0 Å². The number of alkyl halides is 3. The molecule has 0 heterocycles. The number of aliphatic hydroxyl groups is 2. The summed E-state index contributed by atoms with van der Waals surface area (Å²) < 4.78 is 37.9. The van der Waals surface area contributed by atoms with Crippen LogP contribution < -0.4 is 0 Å². The summed E-state index contributed by atoms with van der Waals surface area (Å²) >= 11 is 0. The molecular weight excluding hydrogens is 305 g/mol. The monoisotopic (exact) mass is 332 g/mol. The van der Waals surface area contributed by atoms with Crippen molar-refractivity contribution in [2.45, 2.75) is 70.3 Å². The molecule has 0 aromatic carbocycles. The van der Waals surface area contributed by atoms with Crippen LogP contribution in [-0.2, 0) is 0 Å². The van der Waals surface area contributed by atoms with Crippen molar-refractivity contribution in [2.75, 3.05) is 0 Å². The molecule has 0 bridgehead atoms. The molecule has 2 nitrogen and oxygen atoms in total. The van der Waals surface area contributed by atoms with E-state index in [9.17, 15) is 23.4 Å². The van der Waals surface area contributed by atoms with Crippen molar-refractivity contribution in [2.24, 2.45) is 17.3 Å². The van der Waals surface area contributed by atoms with Gasteiger partial charge in [-0.3, -0.25) is 0 Å². The summed E-state index contributed by atoms with van der Waals surface area (Å²) in [4.78, 5) is 0. The van der Waals surface area contributed by atoms with Crippen molar-refractivity contribution >= 4 is 0 Å². The lowest BCUT2D eigenvalue weighted by atomic mass is 9.62. The zero-order valence-electron chi connectivity index (χ0n) is 13.9. The van der Waals surface area contributed by atoms with Gasteiger partial charge in [0, 0.05) is 0 Å². The summed E-state index contributed by atoms with van der Waals surface area (Å²) in [6, 6.07) is 0. The van der Waals surface area contributed by atoms with Gasteiger partial charge in [0.25, 0.3) is 0 Å². The lowest BCUT2D eigenvalue weighted by Crippen LogP contribution is -2.40. The summed E-state index contributed by atoms with van der Waals surface area (Å²) in [6.45, 7) is 7.01. The number of hydrogen-bond donors (Lipinski definition) is 2. The van der Waals surface area contributed by atoms with Gasteiger partial charge >= 0.3 is 6.18 Å². The minimum Gasteiger partial charge on any atom is -0.393 e. The van der Waals surface area contributed by atoms with Gasteiger partial charge in [-0.1, -0.05) is 31.6 Å². The molecular formula is C18H27F3O2. The van der Waals surface area contributed by atoms with Crippen LogP contribution in [0.15, 0.2) is 24.3 Å². The fourth-order valence-corrected chi connectivity index (χ4v) is 4.50. The van der Waals surface area contributed by atoms with Gasteiger partial charge in [-0.2, -0.15) is 13.2 Å². The molecule has 2 rings (SSSR count). The van der Waals surface area contributed by atoms with Gasteiger partial charge in [0.1, 0.15) is 0 Å². The minimum atomic E-state index is -4.68. The molecule has 23 heavy (non-hydrogen) atoms. The highest BCUT2D eigenvalue weighted by molar-refractivity contribution is 5.17. The van der Waals surface area contributed by atoms with E-state index in [1.54, 1.807) is 0 Å². The second-order valence-electron chi connectivity index (χ2n) is 7.61. The predicted molar refractivity (Wildman–Crippen MR) is 83.8 cm³/mol. The van der Waals surface area contributed by atoms with E-state index in [-0.39, 0.29) is 23.4 Å². The van der Waals surface area contributed by atoms with Crippen LogP contribution in [0.4, 0.5) is 13.2 Å². The maximum Gasteiger partial charge on any atom is 0.420 e. The number of rotatable bonds is 4. The summed E-state index contributed by atoms with van der Waals surface area (Å²) in [6.07, 6.45) is 2.29. The van der Waals surface area contributed by atoms with Gasteiger partial charge in [0.15, 0.2) is 5.60 Å². The molecule has 0 aromatic heterocycles. The van der Waals surface area contributed by atoms with Crippen LogP contribution in [0.1, 0.15) is 52.4 Å². The Morgan fingerprint density at radius 3 is 2.57 bits per heavy atom. The Hall–Kier alpha value is -0.810. The van der Waals surface area contributed by atoms with Crippen LogP contribution in [0.5, 0.6) is 0 Å². The molecule has 0 aliphatic heterocycles. The molecule has 0 spiro atoms. The molecule has 0 aromatic rings. The van der Waals surface area contributed by atoms with E-state index in [1.807, 2.05) is 0 Å². The molecule has 2 aliphatic carbocycles. The SMILES string of the molecule is C=C(C/C=C\C(C)(O)C(F)(F)F)[C@H]1CC[C@H]2[C@@H](O)CCC[C@]12C. The summed E-state index contributed by atoms with van der Waals surface area (Å²) in [7, 11) is 0. The van der Waals surface area contributed by atoms with Crippen LogP contribution in [0.25, 0.3) is 0 Å². The first kappa shape index (κ1) is 18.5. The normalized spacial score (nSPS) is 37.6. The Kier molecular flexibility index (Phi) is 5.03. The third-order valence-corrected chi connectivity index (χ3v) is 5.98. The van der Waals surface area contributed by atoms with E-state index in [0.29, 0.717) is 6.42 Å². The average molecular weight is 332 g/mol. The summed E-state index contributed by atoms with van der Waals surface area (Å²) in [5, 5.41) is 19.6. The fraction of sp³-hybridized carbons (Fsp3) is 0.778. The van der Waals surface area contributed by atoms with Crippen molar-refractivity contribution < 1.29 is 23.4 Å². The number of hydrogen-bond acceptors (Lipinski definition) is 2. The molecule has 2 aliphatic rings. The molecule has 5 atom stereocenters. The van der Waals surface area contributed by atoms with Crippen molar-refractivity contribution in [3.05, 3.63) is 24.3 Å². The predicted octanol–water partition coefficient (Wildman–Crippen LogP) is 4.38. The van der Waals surface area contributed by atoms with E-state index < -0.39 is 11.8 Å². The van der Waals surface area contributed by atoms with Gasteiger partial charge in [-0.25, -0.2) is 0 Å². The highest BCUT2D eigenvalue weighted by atomic mass is 19.4. The summed E-state index contributed by atoms with van der Waals surface area (Å²) in [5.74, 6) is 0.489. The highest BCUT2D eigenvalue weighted by Crippen LogP contribution is 2.57. The first-order valence-electron chi connectivity index (χ1n) is 8.31. The zero-order valence-corrected chi connectivity index (χ0v) is 13.9. The second kappa shape index (κ2) is 6.25. The Bertz CT molecular complexity index is 481. The van der Waals surface area contributed by atoms with E-state index in [4.69, 9.17) is 0 Å². The highest BCUT2D eigenvalue weighted by Gasteiger charge is 2.51. The second-order valence-corrected chi connectivity index (χ2v) is 7.61. The first-order chi connectivity index (χ1) is 10.5. The van der Waals surface area contributed by atoms with Crippen molar-refractivity contribution in [3.8, 4) is 0 Å². The Morgan fingerprint density at radius 1 is 1.30 bits per heavy atom. The molecule has 2 N–H and O–H groups in total. The van der Waals surface area contributed by atoms with Crippen LogP contribution in [0, 0.1) is 17.3 Å². The number of fused-ring (bicyclic) bond motifs is 1. The van der Waals surface area contributed by atoms with Gasteiger partial charge in [-0.15, -0.1) is 0 Å². The smallest absolute Gasteiger partial charge is 0.393 e. The average Bonchev–Trinajstić information content (AvgIpc) is 2.75. The maximum absolute atomic E-state index is 12.6.